The third-order valence-corrected chi connectivity index (χ3v) is 2.52. The molecule has 1 aliphatic heterocycles. The Balaban J connectivity index is 2.38. The zero-order chi connectivity index (χ0) is 9.84. The average molecular weight is 181 g/mol. The molecule has 1 aliphatic rings. The standard InChI is InChI=1S/C10H19N3/c1-8-3-10(12)7-13(5-8)6-9(2)4-11/h8-10H,3,5-7,12H2,1-2H3. The maximum absolute atomic E-state index is 8.69. The molecule has 2 N–H and O–H groups in total. The Morgan fingerprint density at radius 2 is 2.31 bits per heavy atom. The van der Waals surface area contributed by atoms with Crippen LogP contribution in [0.4, 0.5) is 0 Å². The molecule has 0 aliphatic carbocycles. The van der Waals surface area contributed by atoms with Gasteiger partial charge in [0.2, 0.25) is 0 Å². The van der Waals surface area contributed by atoms with Crippen molar-refractivity contribution in [1.29, 1.82) is 5.26 Å². The Kier molecular flexibility index (Phi) is 3.71. The third kappa shape index (κ3) is 3.33. The van der Waals surface area contributed by atoms with E-state index in [0.717, 1.165) is 26.1 Å². The minimum absolute atomic E-state index is 0.123. The van der Waals surface area contributed by atoms with Gasteiger partial charge in [-0.2, -0.15) is 5.26 Å². The summed E-state index contributed by atoms with van der Waals surface area (Å²) >= 11 is 0. The lowest BCUT2D eigenvalue weighted by Gasteiger charge is -2.35. The molecule has 0 spiro atoms. The largest absolute Gasteiger partial charge is 0.327 e. The number of hydrogen-bond acceptors (Lipinski definition) is 3. The van der Waals surface area contributed by atoms with Gasteiger partial charge in [0.25, 0.3) is 0 Å². The lowest BCUT2D eigenvalue weighted by Crippen LogP contribution is -2.47. The van der Waals surface area contributed by atoms with E-state index in [1.54, 1.807) is 0 Å². The van der Waals surface area contributed by atoms with Gasteiger partial charge in [-0.15, -0.1) is 0 Å². The highest BCUT2D eigenvalue weighted by atomic mass is 15.1. The van der Waals surface area contributed by atoms with Crippen molar-refractivity contribution < 1.29 is 0 Å². The van der Waals surface area contributed by atoms with Gasteiger partial charge >= 0.3 is 0 Å². The molecule has 1 saturated heterocycles. The second-order valence-electron chi connectivity index (χ2n) is 4.35. The second-order valence-corrected chi connectivity index (χ2v) is 4.35. The van der Waals surface area contributed by atoms with Gasteiger partial charge in [-0.05, 0) is 19.3 Å². The Morgan fingerprint density at radius 3 is 2.85 bits per heavy atom. The third-order valence-electron chi connectivity index (χ3n) is 2.52. The first-order chi connectivity index (χ1) is 6.11. The molecule has 74 valence electrons. The number of piperidine rings is 1. The van der Waals surface area contributed by atoms with Gasteiger partial charge < -0.3 is 10.6 Å². The zero-order valence-corrected chi connectivity index (χ0v) is 8.53. The second kappa shape index (κ2) is 4.59. The van der Waals surface area contributed by atoms with Crippen molar-refractivity contribution in [2.75, 3.05) is 19.6 Å². The summed E-state index contributed by atoms with van der Waals surface area (Å²) < 4.78 is 0. The van der Waals surface area contributed by atoms with Crippen LogP contribution in [0.3, 0.4) is 0 Å². The SMILES string of the molecule is CC(C#N)CN1CC(C)CC(N)C1. The normalized spacial score (nSPS) is 32.5. The average Bonchev–Trinajstić information content (AvgIpc) is 2.02. The molecule has 0 saturated carbocycles. The summed E-state index contributed by atoms with van der Waals surface area (Å²) in [7, 11) is 0. The van der Waals surface area contributed by atoms with Crippen LogP contribution in [0.2, 0.25) is 0 Å². The zero-order valence-electron chi connectivity index (χ0n) is 8.53. The van der Waals surface area contributed by atoms with Crippen LogP contribution in [0.1, 0.15) is 20.3 Å². The molecule has 0 aromatic heterocycles. The lowest BCUT2D eigenvalue weighted by molar-refractivity contribution is 0.156. The van der Waals surface area contributed by atoms with E-state index >= 15 is 0 Å². The van der Waals surface area contributed by atoms with Crippen LogP contribution >= 0.6 is 0 Å². The fourth-order valence-electron chi connectivity index (χ4n) is 2.09. The molecule has 13 heavy (non-hydrogen) atoms. The predicted molar refractivity (Wildman–Crippen MR) is 53.0 cm³/mol. The molecule has 0 bridgehead atoms. The van der Waals surface area contributed by atoms with Gasteiger partial charge in [-0.3, -0.25) is 0 Å². The van der Waals surface area contributed by atoms with E-state index in [4.69, 9.17) is 11.0 Å². The molecular formula is C10H19N3. The topological polar surface area (TPSA) is 53.0 Å². The van der Waals surface area contributed by atoms with Crippen LogP contribution in [0.25, 0.3) is 0 Å². The highest BCUT2D eigenvalue weighted by molar-refractivity contribution is 4.85. The lowest BCUT2D eigenvalue weighted by atomic mass is 9.96. The highest BCUT2D eigenvalue weighted by Crippen LogP contribution is 2.15. The van der Waals surface area contributed by atoms with Gasteiger partial charge in [-0.25, -0.2) is 0 Å². The van der Waals surface area contributed by atoms with Crippen LogP contribution in [0.15, 0.2) is 0 Å². The molecule has 1 heterocycles. The van der Waals surface area contributed by atoms with Crippen molar-refractivity contribution >= 4 is 0 Å². The minimum Gasteiger partial charge on any atom is -0.327 e. The van der Waals surface area contributed by atoms with Crippen LogP contribution in [-0.4, -0.2) is 30.6 Å². The quantitative estimate of drug-likeness (QED) is 0.686. The van der Waals surface area contributed by atoms with Crippen molar-refractivity contribution in [3.63, 3.8) is 0 Å². The molecule has 3 unspecified atom stereocenters. The molecule has 0 radical (unpaired) electrons. The number of nitriles is 1. The summed E-state index contributed by atoms with van der Waals surface area (Å²) in [6.07, 6.45) is 1.12. The van der Waals surface area contributed by atoms with Crippen LogP contribution in [0, 0.1) is 23.2 Å². The molecule has 1 rings (SSSR count). The van der Waals surface area contributed by atoms with E-state index in [2.05, 4.69) is 17.9 Å². The van der Waals surface area contributed by atoms with Gasteiger partial charge in [-0.1, -0.05) is 6.92 Å². The Bertz CT molecular complexity index is 187. The van der Waals surface area contributed by atoms with Gasteiger partial charge in [0.1, 0.15) is 0 Å². The molecule has 0 amide bonds. The summed E-state index contributed by atoms with van der Waals surface area (Å²) in [6, 6.07) is 2.56. The Hall–Kier alpha value is -0.590. The first-order valence-corrected chi connectivity index (χ1v) is 4.99. The fraction of sp³-hybridized carbons (Fsp3) is 0.900. The number of likely N-dealkylation sites (tertiary alicyclic amines) is 1. The summed E-state index contributed by atoms with van der Waals surface area (Å²) in [5.41, 5.74) is 5.91. The van der Waals surface area contributed by atoms with Crippen molar-refractivity contribution in [2.45, 2.75) is 26.3 Å². The summed E-state index contributed by atoms with van der Waals surface area (Å²) in [4.78, 5) is 2.31. The van der Waals surface area contributed by atoms with Gasteiger partial charge in [0.15, 0.2) is 0 Å². The molecule has 1 fully saturated rings. The van der Waals surface area contributed by atoms with Crippen molar-refractivity contribution in [1.82, 2.24) is 4.90 Å². The minimum atomic E-state index is 0.123. The van der Waals surface area contributed by atoms with Crippen molar-refractivity contribution in [2.24, 2.45) is 17.6 Å². The summed E-state index contributed by atoms with van der Waals surface area (Å²) in [5, 5.41) is 8.69. The monoisotopic (exact) mass is 181 g/mol. The number of nitrogens with two attached hydrogens (primary N) is 1. The first-order valence-electron chi connectivity index (χ1n) is 4.99. The number of nitrogens with zero attached hydrogens (tertiary/aromatic N) is 2. The van der Waals surface area contributed by atoms with Crippen molar-refractivity contribution in [3.05, 3.63) is 0 Å². The fourth-order valence-corrected chi connectivity index (χ4v) is 2.09. The van der Waals surface area contributed by atoms with Crippen LogP contribution < -0.4 is 5.73 Å². The van der Waals surface area contributed by atoms with E-state index in [0.29, 0.717) is 12.0 Å². The van der Waals surface area contributed by atoms with E-state index in [-0.39, 0.29) is 5.92 Å². The predicted octanol–water partition coefficient (Wildman–Crippen LogP) is 0.815. The smallest absolute Gasteiger partial charge is 0.0666 e. The first kappa shape index (κ1) is 10.5. The Morgan fingerprint density at radius 1 is 1.62 bits per heavy atom. The van der Waals surface area contributed by atoms with Crippen LogP contribution in [0.5, 0.6) is 0 Å². The maximum Gasteiger partial charge on any atom is 0.0666 e. The van der Waals surface area contributed by atoms with E-state index in [1.165, 1.54) is 0 Å². The van der Waals surface area contributed by atoms with E-state index < -0.39 is 0 Å². The number of hydrogen-bond donors (Lipinski definition) is 1. The molecule has 0 aromatic carbocycles. The molecule has 0 aromatic rings. The molecular weight excluding hydrogens is 162 g/mol. The molecule has 3 atom stereocenters. The summed E-state index contributed by atoms with van der Waals surface area (Å²) in [5.74, 6) is 0.798. The van der Waals surface area contributed by atoms with Gasteiger partial charge in [0.05, 0.1) is 12.0 Å². The van der Waals surface area contributed by atoms with Gasteiger partial charge in [0, 0.05) is 25.7 Å². The van der Waals surface area contributed by atoms with E-state index in [9.17, 15) is 0 Å². The maximum atomic E-state index is 8.69. The number of rotatable bonds is 2. The summed E-state index contributed by atoms with van der Waals surface area (Å²) in [6.45, 7) is 7.11. The van der Waals surface area contributed by atoms with Crippen molar-refractivity contribution in [3.8, 4) is 6.07 Å². The van der Waals surface area contributed by atoms with E-state index in [1.807, 2.05) is 6.92 Å². The molecule has 3 nitrogen and oxygen atoms in total. The molecule has 3 heteroatoms. The highest BCUT2D eigenvalue weighted by Gasteiger charge is 2.22. The Labute approximate surface area is 80.5 Å². The van der Waals surface area contributed by atoms with Crippen LogP contribution in [-0.2, 0) is 0 Å².